The number of piperazine rings is 1. The number of carbonyl (C=O) groups excluding carboxylic acids is 2. The third-order valence-electron chi connectivity index (χ3n) is 24.8. The lowest BCUT2D eigenvalue weighted by Crippen LogP contribution is -2.45. The van der Waals surface area contributed by atoms with Crippen LogP contribution in [-0.2, 0) is 80.8 Å². The van der Waals surface area contributed by atoms with Crippen LogP contribution in [0.25, 0.3) is 5.69 Å². The Morgan fingerprint density at radius 1 is 0.531 bits per heavy atom. The van der Waals surface area contributed by atoms with Gasteiger partial charge in [0.05, 0.1) is 42.0 Å². The number of likely N-dealkylation sites (N-methyl/N-ethyl adjacent to an activating group) is 1. The summed E-state index contributed by atoms with van der Waals surface area (Å²) in [4.78, 5) is 45.1. The lowest BCUT2D eigenvalue weighted by molar-refractivity contribution is -0.139. The van der Waals surface area contributed by atoms with Gasteiger partial charge in [0.2, 0.25) is 17.7 Å². The minimum Gasteiger partial charge on any atom is -0.476 e. The summed E-state index contributed by atoms with van der Waals surface area (Å²) >= 11 is 7.97. The normalized spacial score (nSPS) is 15.2. The molecular weight excluding hydrogens is 1890 g/mol. The number of benzene rings is 6. The number of aromatic nitrogens is 5. The van der Waals surface area contributed by atoms with Crippen molar-refractivity contribution in [2.75, 3.05) is 86.3 Å². The third-order valence-corrected chi connectivity index (χ3v) is 28.4. The van der Waals surface area contributed by atoms with E-state index in [0.717, 1.165) is 116 Å². The predicted molar refractivity (Wildman–Crippen MR) is 597 cm³/mol. The highest BCUT2D eigenvalue weighted by Crippen LogP contribution is 2.41. The van der Waals surface area contributed by atoms with E-state index in [-0.39, 0.29) is 79.0 Å². The van der Waals surface area contributed by atoms with E-state index in [1.54, 1.807) is 40.3 Å². The second-order valence-electron chi connectivity index (χ2n) is 49.8. The van der Waals surface area contributed by atoms with E-state index in [1.165, 1.54) is 62.0 Å². The molecule has 26 heteroatoms. The number of pyridine rings is 1. The minimum atomic E-state index is -4.47. The highest BCUT2D eigenvalue weighted by atomic mass is 35.5. The molecule has 2 saturated heterocycles. The predicted octanol–water partition coefficient (Wildman–Crippen LogP) is 30.6. The molecule has 1 saturated carbocycles. The van der Waals surface area contributed by atoms with Crippen molar-refractivity contribution in [3.8, 4) is 11.6 Å². The molecule has 5 aliphatic rings. The van der Waals surface area contributed by atoms with E-state index in [9.17, 15) is 35.9 Å². The third kappa shape index (κ3) is 40.3. The molecule has 1 aliphatic carbocycles. The first-order valence-corrected chi connectivity index (χ1v) is 55.5. The zero-order chi connectivity index (χ0) is 109. The molecule has 10 aromatic rings. The highest BCUT2D eigenvalue weighted by molar-refractivity contribution is 7.11. The molecule has 4 aromatic heterocycles. The number of hydrazine groups is 1. The van der Waals surface area contributed by atoms with E-state index in [0.29, 0.717) is 36.5 Å². The number of nitrogens with zero attached hydrogens (tertiary/aromatic N) is 10. The van der Waals surface area contributed by atoms with Crippen molar-refractivity contribution in [3.63, 3.8) is 0 Å². The maximum Gasteiger partial charge on any atom is 0.421 e. The monoisotopic (exact) mass is 2060 g/mol. The molecule has 0 atom stereocenters. The van der Waals surface area contributed by atoms with Crippen molar-refractivity contribution in [1.29, 1.82) is 0 Å². The number of anilines is 4. The topological polar surface area (TPSA) is 162 Å². The van der Waals surface area contributed by atoms with E-state index in [1.807, 2.05) is 95.0 Å². The summed E-state index contributed by atoms with van der Waals surface area (Å²) in [6.45, 7) is 83.8. The number of hydrogen-bond donors (Lipinski definition) is 2. The van der Waals surface area contributed by atoms with Crippen LogP contribution >= 0.6 is 22.9 Å². The first-order chi connectivity index (χ1) is 66.4. The molecule has 15 rings (SSSR count). The van der Waals surface area contributed by atoms with Crippen molar-refractivity contribution in [2.45, 2.75) is 340 Å². The van der Waals surface area contributed by atoms with Crippen LogP contribution in [0.5, 0.6) is 5.88 Å². The van der Waals surface area contributed by atoms with Crippen LogP contribution in [-0.4, -0.2) is 121 Å². The second-order valence-corrected chi connectivity index (χ2v) is 56.6. The Bertz CT molecular complexity index is 5740. The number of amides is 2. The Labute approximate surface area is 876 Å². The molecule has 3 fully saturated rings. The molecule has 0 spiro atoms. The largest absolute Gasteiger partial charge is 0.476 e. The van der Waals surface area contributed by atoms with Gasteiger partial charge in [-0.25, -0.2) is 20.4 Å². The van der Waals surface area contributed by atoms with Crippen LogP contribution in [0.2, 0.25) is 24.7 Å². The quantitative estimate of drug-likeness (QED) is 0.0929. The van der Waals surface area contributed by atoms with Crippen molar-refractivity contribution in [2.24, 2.45) is 5.92 Å². The zero-order valence-electron chi connectivity index (χ0n) is 94.2. The lowest BCUT2D eigenvalue weighted by Gasteiger charge is -2.32. The van der Waals surface area contributed by atoms with E-state index < -0.39 is 37.0 Å². The molecule has 4 aliphatic heterocycles. The van der Waals surface area contributed by atoms with Gasteiger partial charge in [-0.1, -0.05) is 316 Å². The standard InChI is InChI=1S/C17H26F3N3O.C15H17F3N2.C14H18ClNO.2C14H19NO.C13H18N2.C13H22Si.C11H19NO.C8H13NS/c1-16(2,3)13-11-14(17(18,19)20)15(21-12-13)24-10-9-23-7-5-22(4)6-8-23;1-10-8-20(9-19-10)13-6-11(14(2,3)4)5-12(7-13)15(16,17)18;1-10-8-16(9-17-10)13-6-11(14(2,3)4)5-12(15)7-13;1-14(2,3)11-6-8-12(9-7-11)15-10-4-5-13(15)16;1-14(2,3)11-6-8-12(9-7-11)15-13(16)10-4-5-10;1-13(2,3)11-5-7-12(8-6-11)15-10-4-9-14-15;1-13(2,3)11-8-7-9-12(10-11)14(4,5)6;1-10(2,3)8-7-9(13-12-8)11(4,5)6;1-6-5-9-7(10-6)8(2,3)4/h11-12H,5-10H2,1-4H3;5-9H,1-4H3;5-8H,9H2,1-4H3;6-9H,4-5,10H2,1-3H3;6-10H,4-5H2,1-3H3,(H,15,16);4-8,10,14H,9H2,1-3H3;7-10H,1-6H3;7H,1-6H3;5H,1-4H3. The molecule has 6 aromatic carbocycles. The summed E-state index contributed by atoms with van der Waals surface area (Å²) in [5, 5.41) is 12.6. The number of imidazole rings is 1. The number of hydrogen-bond acceptors (Lipinski definition) is 15. The Morgan fingerprint density at radius 2 is 1.06 bits per heavy atom. The van der Waals surface area contributed by atoms with Crippen molar-refractivity contribution in [3.05, 3.63) is 277 Å². The van der Waals surface area contributed by atoms with Gasteiger partial charge in [0.25, 0.3) is 0 Å². The number of ether oxygens (including phenoxy) is 2. The van der Waals surface area contributed by atoms with Crippen LogP contribution in [0.1, 0.15) is 317 Å². The fraction of sp³-hybridized carbons (Fsp3) is 0.529. The molecule has 2 amide bonds. The van der Waals surface area contributed by atoms with Gasteiger partial charge < -0.3 is 38.6 Å². The number of halogens is 7. The van der Waals surface area contributed by atoms with Gasteiger partial charge in [-0.05, 0) is 203 Å². The fourth-order valence-corrected chi connectivity index (χ4v) is 17.0. The Morgan fingerprint density at radius 3 is 1.47 bits per heavy atom. The first kappa shape index (κ1) is 122. The number of aryl methyl sites for hydroxylation is 2. The Balaban J connectivity index is 0.000000223. The number of nitrogens with one attached hydrogen (secondary N) is 2. The van der Waals surface area contributed by atoms with Gasteiger partial charge in [0, 0.05) is 144 Å². The first-order valence-electron chi connectivity index (χ1n) is 50.8. The number of rotatable bonds is 11. The number of alkyl halides is 6. The van der Waals surface area contributed by atoms with Gasteiger partial charge in [0.1, 0.15) is 23.7 Å². The van der Waals surface area contributed by atoms with Gasteiger partial charge in [-0.15, -0.1) is 11.3 Å². The molecule has 2 N–H and O–H groups in total. The van der Waals surface area contributed by atoms with Crippen LogP contribution < -0.4 is 35.5 Å². The van der Waals surface area contributed by atoms with Gasteiger partial charge in [0.15, 0.2) is 6.73 Å². The summed E-state index contributed by atoms with van der Waals surface area (Å²) in [6.07, 6.45) is 7.76. The molecular formula is C119H171ClF6N12O5SSi. The van der Waals surface area contributed by atoms with Crippen LogP contribution in [0.4, 0.5) is 49.1 Å². The highest BCUT2D eigenvalue weighted by Gasteiger charge is 2.39. The SMILES string of the molecule is CC(C)(C)c1cc(C(C)(C)C)on1.CC(C)(C)c1ccc(N2C=CCN2)cc1.CC(C)(C)c1ccc(N2CCCC2=O)cc1.CC(C)(C)c1ccc(NC(=O)C2CC2)cc1.CC(C)(C)c1cccc([Si](C)(C)C)c1.CC1=CN(c2cc(Cl)cc(C(C)(C)C)c2)CO1.CN1CCN(CCOc2ncc(C(C)(C)C)cc2C(F)(F)F)CC1.Cc1cn(-c2cc(C(C)(C)C)cc(C(F)(F)F)c2)cn1.Cc1cnc(C(C)(C)C)s1. The smallest absolute Gasteiger partial charge is 0.421 e. The number of carbonyl (C=O) groups is 2. The minimum absolute atomic E-state index is 0.0521. The van der Waals surface area contributed by atoms with Crippen molar-refractivity contribution >= 4 is 70.8 Å². The molecule has 17 nitrogen and oxygen atoms in total. The van der Waals surface area contributed by atoms with Crippen LogP contribution in [0, 0.1) is 19.8 Å². The average Bonchev–Trinajstić information content (AvgIpc) is 1.69. The summed E-state index contributed by atoms with van der Waals surface area (Å²) < 4.78 is 96.7. The number of allylic oxidation sites excluding steroid dienone is 1. The molecule has 0 radical (unpaired) electrons. The van der Waals surface area contributed by atoms with Gasteiger partial charge in [-0.2, -0.15) is 26.3 Å². The lowest BCUT2D eigenvalue weighted by atomic mass is 9.85. The van der Waals surface area contributed by atoms with Gasteiger partial charge in [-0.3, -0.25) is 19.5 Å². The summed E-state index contributed by atoms with van der Waals surface area (Å²) in [6, 6.07) is 47.9. The second kappa shape index (κ2) is 49.9. The van der Waals surface area contributed by atoms with Gasteiger partial charge >= 0.3 is 12.4 Å². The summed E-state index contributed by atoms with van der Waals surface area (Å²) in [5.41, 5.74) is 16.7. The maximum atomic E-state index is 13.3. The summed E-state index contributed by atoms with van der Waals surface area (Å²) in [7, 11) is 0.916. The molecule has 145 heavy (non-hydrogen) atoms. The van der Waals surface area contributed by atoms with E-state index >= 15 is 0 Å². The fourth-order valence-electron chi connectivity index (χ4n) is 14.7. The summed E-state index contributed by atoms with van der Waals surface area (Å²) in [5.74, 6) is 2.25. The Kier molecular flexibility index (Phi) is 42.0. The van der Waals surface area contributed by atoms with Crippen LogP contribution in [0.15, 0.2) is 199 Å². The maximum absolute atomic E-state index is 13.3. The van der Waals surface area contributed by atoms with Crippen LogP contribution in [0.3, 0.4) is 0 Å². The van der Waals surface area contributed by atoms with Crippen molar-refractivity contribution < 1.29 is 49.9 Å². The van der Waals surface area contributed by atoms with E-state index in [4.69, 9.17) is 25.6 Å². The molecule has 0 bridgehead atoms. The average molecular weight is 2060 g/mol. The molecule has 8 heterocycles. The Hall–Kier alpha value is -9.89. The molecule has 0 unspecified atom stereocenters. The van der Waals surface area contributed by atoms with Crippen molar-refractivity contribution in [1.82, 2.24) is 39.9 Å². The zero-order valence-corrected chi connectivity index (χ0v) is 96.8. The van der Waals surface area contributed by atoms with E-state index in [2.05, 4.69) is 355 Å². The number of thiazole rings is 1. The molecule has 796 valence electrons.